The quantitative estimate of drug-likeness (QED) is 0.182. The maximum absolute atomic E-state index is 10.9. The normalized spacial score (nSPS) is 11.1. The van der Waals surface area contributed by atoms with E-state index in [0.29, 0.717) is 11.1 Å². The van der Waals surface area contributed by atoms with Gasteiger partial charge in [-0.1, -0.05) is 12.1 Å². The fourth-order valence-electron chi connectivity index (χ4n) is 1.12. The van der Waals surface area contributed by atoms with E-state index in [1.807, 2.05) is 0 Å². The fourth-order valence-corrected chi connectivity index (χ4v) is 1.12. The number of hydrogen-bond donors (Lipinski definition) is 3. The Labute approximate surface area is 131 Å². The molecule has 1 aromatic carbocycles. The third-order valence-electron chi connectivity index (χ3n) is 1.64. The van der Waals surface area contributed by atoms with Crippen molar-refractivity contribution >= 4 is 11.8 Å². The molecule has 1 aliphatic rings. The molecule has 0 radical (unpaired) electrons. The van der Waals surface area contributed by atoms with Gasteiger partial charge in [-0.2, -0.15) is 0 Å². The predicted molar refractivity (Wildman–Crippen MR) is 51.3 cm³/mol. The smallest absolute Gasteiger partial charge is 1.00 e. The number of carbonyl (C=O) groups is 2. The summed E-state index contributed by atoms with van der Waals surface area (Å²) in [5, 5.41) is 2.20. The zero-order valence-electron chi connectivity index (χ0n) is 9.28. The van der Waals surface area contributed by atoms with Crippen LogP contribution in [0.3, 0.4) is 0 Å². The van der Waals surface area contributed by atoms with E-state index in [4.69, 9.17) is 0 Å². The van der Waals surface area contributed by atoms with Gasteiger partial charge in [0.05, 0.1) is 11.1 Å². The Morgan fingerprint density at radius 3 is 1.67 bits per heavy atom. The molecule has 1 aromatic rings. The minimum absolute atomic E-state index is 0. The molecular weight excluding hydrogens is 225 g/mol. The Morgan fingerprint density at radius 1 is 1.00 bits per heavy atom. The van der Waals surface area contributed by atoms with Gasteiger partial charge in [0.25, 0.3) is 11.8 Å². The van der Waals surface area contributed by atoms with E-state index in [-0.39, 0.29) is 70.1 Å². The number of rotatable bonds is 0. The number of nitrogens with two attached hydrogens (primary N) is 2. The van der Waals surface area contributed by atoms with Crippen LogP contribution in [0.2, 0.25) is 0 Å². The molecule has 15 heavy (non-hydrogen) atoms. The molecule has 1 heterocycles. The van der Waals surface area contributed by atoms with Crippen LogP contribution in [0.5, 0.6) is 0 Å². The van der Waals surface area contributed by atoms with Crippen molar-refractivity contribution in [2.75, 3.05) is 0 Å². The Kier molecular flexibility index (Phi) is 9.30. The third kappa shape index (κ3) is 3.74. The van der Waals surface area contributed by atoms with E-state index in [0.717, 1.165) is 0 Å². The number of fused-ring (bicyclic) bond motifs is 1. The molecule has 0 bridgehead atoms. The molecule has 1 aliphatic heterocycles. The molecule has 0 atom stereocenters. The summed E-state index contributed by atoms with van der Waals surface area (Å²) in [6.45, 7) is 0. The van der Waals surface area contributed by atoms with Gasteiger partial charge in [-0.25, -0.2) is 0 Å². The van der Waals surface area contributed by atoms with Crippen LogP contribution in [0.15, 0.2) is 24.3 Å². The Bertz CT molecular complexity index is 329. The van der Waals surface area contributed by atoms with Crippen LogP contribution in [-0.4, -0.2) is 17.3 Å². The van der Waals surface area contributed by atoms with Crippen molar-refractivity contribution in [2.24, 2.45) is 11.7 Å². The van der Waals surface area contributed by atoms with Crippen LogP contribution in [0.4, 0.5) is 0 Å². The van der Waals surface area contributed by atoms with Gasteiger partial charge in [-0.15, -0.1) is 0 Å². The molecule has 6 nitrogen and oxygen atoms in total. The molecule has 2 amide bonds. The zero-order valence-corrected chi connectivity index (χ0v) is 11.4. The predicted octanol–water partition coefficient (Wildman–Crippen LogP) is -4.32. The number of hydrazine groups is 1. The van der Waals surface area contributed by atoms with Crippen LogP contribution >= 0.6 is 0 Å². The van der Waals surface area contributed by atoms with E-state index in [1.54, 1.807) is 24.3 Å². The molecule has 0 spiro atoms. The maximum Gasteiger partial charge on any atom is 1.00 e. The molecule has 0 aliphatic carbocycles. The van der Waals surface area contributed by atoms with Crippen molar-refractivity contribution in [1.82, 2.24) is 5.32 Å². The number of benzene rings is 1. The zero-order chi connectivity index (χ0) is 9.84. The SMILES string of the molecule is NN.O.O=C1NC(=O)c2ccccc21.[H-].[K+]. The number of amides is 2. The van der Waals surface area contributed by atoms with Gasteiger partial charge in [-0.3, -0.25) is 26.6 Å². The van der Waals surface area contributed by atoms with E-state index >= 15 is 0 Å². The van der Waals surface area contributed by atoms with E-state index < -0.39 is 0 Å². The van der Waals surface area contributed by atoms with Gasteiger partial charge in [0.1, 0.15) is 0 Å². The summed E-state index contributed by atoms with van der Waals surface area (Å²) in [6.07, 6.45) is 0. The van der Waals surface area contributed by atoms with Crippen LogP contribution in [0.1, 0.15) is 22.1 Å². The van der Waals surface area contributed by atoms with Gasteiger partial charge < -0.3 is 6.90 Å². The van der Waals surface area contributed by atoms with Gasteiger partial charge in [-0.05, 0) is 12.1 Å². The van der Waals surface area contributed by atoms with Gasteiger partial charge in [0.2, 0.25) is 0 Å². The summed E-state index contributed by atoms with van der Waals surface area (Å²) in [4.78, 5) is 21.9. The van der Waals surface area contributed by atoms with Crippen molar-refractivity contribution in [3.8, 4) is 0 Å². The summed E-state index contributed by atoms with van der Waals surface area (Å²) < 4.78 is 0. The van der Waals surface area contributed by atoms with Crippen molar-refractivity contribution in [1.29, 1.82) is 0 Å². The van der Waals surface area contributed by atoms with Crippen molar-refractivity contribution in [2.45, 2.75) is 0 Å². The monoisotopic (exact) mass is 237 g/mol. The minimum atomic E-state index is -0.300. The van der Waals surface area contributed by atoms with Gasteiger partial charge in [0.15, 0.2) is 0 Å². The largest absolute Gasteiger partial charge is 1.00 e. The third-order valence-corrected chi connectivity index (χ3v) is 1.64. The molecule has 7 heteroatoms. The van der Waals surface area contributed by atoms with Gasteiger partial charge in [0, 0.05) is 0 Å². The molecule has 0 unspecified atom stereocenters. The van der Waals surface area contributed by atoms with Crippen LogP contribution in [0.25, 0.3) is 0 Å². The summed E-state index contributed by atoms with van der Waals surface area (Å²) in [6, 6.07) is 6.74. The van der Waals surface area contributed by atoms with E-state index in [2.05, 4.69) is 17.0 Å². The van der Waals surface area contributed by atoms with Crippen LogP contribution in [0, 0.1) is 0 Å². The summed E-state index contributed by atoms with van der Waals surface area (Å²) in [5.41, 5.74) is 0.940. The first kappa shape index (κ1) is 17.3. The van der Waals surface area contributed by atoms with Crippen molar-refractivity contribution in [3.05, 3.63) is 35.4 Å². The first-order valence-corrected chi connectivity index (χ1v) is 3.57. The second kappa shape index (κ2) is 8.08. The maximum atomic E-state index is 10.9. The second-order valence-corrected chi connectivity index (χ2v) is 2.33. The topological polar surface area (TPSA) is 130 Å². The Balaban J connectivity index is -0.000000321. The molecule has 0 saturated carbocycles. The number of nitrogens with one attached hydrogen (secondary N) is 1. The number of carbonyl (C=O) groups excluding carboxylic acids is 2. The first-order chi connectivity index (χ1) is 6.29. The van der Waals surface area contributed by atoms with E-state index in [1.165, 1.54) is 0 Å². The molecule has 0 fully saturated rings. The minimum Gasteiger partial charge on any atom is -1.00 e. The van der Waals surface area contributed by atoms with Crippen LogP contribution in [-0.2, 0) is 0 Å². The summed E-state index contributed by atoms with van der Waals surface area (Å²) in [5.74, 6) is 7.40. The molecule has 7 N–H and O–H groups in total. The number of hydrogen-bond acceptors (Lipinski definition) is 4. The molecule has 78 valence electrons. The van der Waals surface area contributed by atoms with Gasteiger partial charge >= 0.3 is 51.4 Å². The fraction of sp³-hybridized carbons (Fsp3) is 0. The molecule has 2 rings (SSSR count). The average molecular weight is 237 g/mol. The standard InChI is InChI=1S/C8H5NO2.K.H4N2.H2O.H/c10-7-5-3-1-2-4-6(5)8(11)9-7;;1-2;;/h1-4H,(H,9,10,11);;1-2H2;1H2;/q;+1;;;-1. The Hall–Kier alpha value is -0.124. The number of imide groups is 1. The van der Waals surface area contributed by atoms with Crippen LogP contribution < -0.4 is 68.4 Å². The van der Waals surface area contributed by atoms with E-state index in [9.17, 15) is 9.59 Å². The molecule has 0 aromatic heterocycles. The van der Waals surface area contributed by atoms with Crippen molar-refractivity contribution in [3.63, 3.8) is 0 Å². The second-order valence-electron chi connectivity index (χ2n) is 2.33. The first-order valence-electron chi connectivity index (χ1n) is 3.57. The molecule has 0 saturated heterocycles. The summed E-state index contributed by atoms with van der Waals surface area (Å²) >= 11 is 0. The Morgan fingerprint density at radius 2 is 1.33 bits per heavy atom. The summed E-state index contributed by atoms with van der Waals surface area (Å²) in [7, 11) is 0. The molecular formula is C8H12KN3O3. The van der Waals surface area contributed by atoms with Crippen molar-refractivity contribution < 1.29 is 67.9 Å². The average Bonchev–Trinajstić information content (AvgIpc) is 2.47.